The van der Waals surface area contributed by atoms with Crippen LogP contribution in [0.15, 0.2) is 0 Å². The van der Waals surface area contributed by atoms with Gasteiger partial charge in [0.25, 0.3) is 0 Å². The molecule has 0 radical (unpaired) electrons. The van der Waals surface area contributed by atoms with Gasteiger partial charge in [-0.25, -0.2) is 0 Å². The zero-order chi connectivity index (χ0) is 10.8. The zero-order valence-corrected chi connectivity index (χ0v) is 9.76. The Balaban J connectivity index is 3.23. The molecule has 1 atom stereocenters. The Bertz CT molecular complexity index is 153. The number of thiol groups is 1. The van der Waals surface area contributed by atoms with Gasteiger partial charge in [0.1, 0.15) is 6.04 Å². The average Bonchev–Trinajstić information content (AvgIpc) is 2.21. The number of hydrogen-bond donors (Lipinski definition) is 2. The van der Waals surface area contributed by atoms with Crippen LogP contribution in [0.2, 0.25) is 0 Å². The Hall–Kier alpha value is -0.220. The number of unbranched alkanes of at least 4 members (excludes halogenated alkanes) is 4. The number of hydrogen-bond acceptors (Lipinski definition) is 4. The van der Waals surface area contributed by atoms with Crippen LogP contribution < -0.4 is 5.73 Å². The summed E-state index contributed by atoms with van der Waals surface area (Å²) in [5.74, 6) is 0.00442. The molecule has 3 nitrogen and oxygen atoms in total. The molecule has 0 heterocycles. The predicted molar refractivity (Wildman–Crippen MR) is 61.5 cm³/mol. The normalized spacial score (nSPS) is 12.5. The molecule has 0 aliphatic heterocycles. The van der Waals surface area contributed by atoms with Crippen LogP contribution in [-0.4, -0.2) is 24.4 Å². The number of carbonyl (C=O) groups is 1. The molecule has 0 unspecified atom stereocenters. The van der Waals surface area contributed by atoms with Crippen LogP contribution in [0.25, 0.3) is 0 Å². The summed E-state index contributed by atoms with van der Waals surface area (Å²) >= 11 is 3.92. The highest BCUT2D eigenvalue weighted by Gasteiger charge is 2.11. The van der Waals surface area contributed by atoms with Crippen LogP contribution in [0.4, 0.5) is 0 Å². The van der Waals surface area contributed by atoms with Gasteiger partial charge in [-0.1, -0.05) is 32.6 Å². The molecule has 0 fully saturated rings. The summed E-state index contributed by atoms with van der Waals surface area (Å²) in [5, 5.41) is 0. The van der Waals surface area contributed by atoms with Crippen LogP contribution in [0.1, 0.15) is 39.0 Å². The van der Waals surface area contributed by atoms with Crippen molar-refractivity contribution in [3.8, 4) is 0 Å². The molecular weight excluding hydrogens is 198 g/mol. The minimum atomic E-state index is -0.575. The van der Waals surface area contributed by atoms with Gasteiger partial charge < -0.3 is 10.5 Å². The van der Waals surface area contributed by atoms with Crippen LogP contribution in [0, 0.1) is 0 Å². The number of carbonyl (C=O) groups excluding carboxylic acids is 1. The van der Waals surface area contributed by atoms with Crippen molar-refractivity contribution < 1.29 is 9.53 Å². The quantitative estimate of drug-likeness (QED) is 0.371. The van der Waals surface area contributed by atoms with Crippen molar-refractivity contribution in [1.82, 2.24) is 0 Å². The van der Waals surface area contributed by atoms with Crippen molar-refractivity contribution in [2.24, 2.45) is 5.73 Å². The summed E-state index contributed by atoms with van der Waals surface area (Å²) in [6.07, 6.45) is 5.75. The minimum absolute atomic E-state index is 0.338. The van der Waals surface area contributed by atoms with Crippen LogP contribution in [0.3, 0.4) is 0 Å². The molecule has 0 amide bonds. The fourth-order valence-corrected chi connectivity index (χ4v) is 1.21. The molecular formula is C10H21NO2S. The molecule has 0 saturated heterocycles. The number of rotatable bonds is 8. The number of nitrogens with two attached hydrogens (primary N) is 1. The van der Waals surface area contributed by atoms with E-state index in [2.05, 4.69) is 19.6 Å². The second kappa shape index (κ2) is 9.34. The fourth-order valence-electron chi connectivity index (χ4n) is 1.06. The van der Waals surface area contributed by atoms with Crippen LogP contribution in [0.5, 0.6) is 0 Å². The summed E-state index contributed by atoms with van der Waals surface area (Å²) in [6, 6.07) is -0.575. The van der Waals surface area contributed by atoms with Gasteiger partial charge in [0.05, 0.1) is 6.61 Å². The Morgan fingerprint density at radius 3 is 2.57 bits per heavy atom. The van der Waals surface area contributed by atoms with Crippen molar-refractivity contribution in [2.75, 3.05) is 12.4 Å². The van der Waals surface area contributed by atoms with Gasteiger partial charge in [-0.2, -0.15) is 12.6 Å². The van der Waals surface area contributed by atoms with E-state index in [0.717, 1.165) is 12.8 Å². The first-order chi connectivity index (χ1) is 6.72. The SMILES string of the molecule is CCCCCCCOC(=O)[C@@H](N)CS. The lowest BCUT2D eigenvalue weighted by molar-refractivity contribution is -0.144. The van der Waals surface area contributed by atoms with Crippen molar-refractivity contribution in [3.05, 3.63) is 0 Å². The van der Waals surface area contributed by atoms with Gasteiger partial charge >= 0.3 is 5.97 Å². The Kier molecular flexibility index (Phi) is 9.19. The van der Waals surface area contributed by atoms with Crippen molar-refractivity contribution in [3.63, 3.8) is 0 Å². The summed E-state index contributed by atoms with van der Waals surface area (Å²) in [6.45, 7) is 2.66. The molecule has 0 spiro atoms. The maximum Gasteiger partial charge on any atom is 0.323 e. The third-order valence-electron chi connectivity index (χ3n) is 1.99. The Morgan fingerprint density at radius 1 is 1.36 bits per heavy atom. The molecule has 0 aliphatic carbocycles. The largest absolute Gasteiger partial charge is 0.465 e. The molecule has 84 valence electrons. The summed E-state index contributed by atoms with van der Waals surface area (Å²) in [4.78, 5) is 11.1. The number of ether oxygens (including phenoxy) is 1. The second-order valence-electron chi connectivity index (χ2n) is 3.37. The standard InChI is InChI=1S/C10H21NO2S/c1-2-3-4-5-6-7-13-10(12)9(11)8-14/h9,14H,2-8,11H2,1H3/t9-/m0/s1. The van der Waals surface area contributed by atoms with E-state index < -0.39 is 6.04 Å². The minimum Gasteiger partial charge on any atom is -0.465 e. The zero-order valence-electron chi connectivity index (χ0n) is 8.87. The molecule has 4 heteroatoms. The Labute approximate surface area is 91.8 Å². The van der Waals surface area contributed by atoms with Crippen molar-refractivity contribution in [2.45, 2.75) is 45.1 Å². The third-order valence-corrected chi connectivity index (χ3v) is 2.39. The lowest BCUT2D eigenvalue weighted by atomic mass is 10.2. The van der Waals surface area contributed by atoms with E-state index in [-0.39, 0.29) is 5.97 Å². The first kappa shape index (κ1) is 13.8. The van der Waals surface area contributed by atoms with Gasteiger partial charge in [0, 0.05) is 5.75 Å². The summed E-state index contributed by atoms with van der Waals surface area (Å²) in [5.41, 5.74) is 5.43. The maximum atomic E-state index is 11.1. The molecule has 0 bridgehead atoms. The lowest BCUT2D eigenvalue weighted by Gasteiger charge is -2.08. The van der Waals surface area contributed by atoms with Gasteiger partial charge in [-0.3, -0.25) is 4.79 Å². The average molecular weight is 219 g/mol. The van der Waals surface area contributed by atoms with Crippen molar-refractivity contribution >= 4 is 18.6 Å². The fraction of sp³-hybridized carbons (Fsp3) is 0.900. The van der Waals surface area contributed by atoms with Gasteiger partial charge in [-0.15, -0.1) is 0 Å². The van der Waals surface area contributed by atoms with Crippen LogP contribution >= 0.6 is 12.6 Å². The van der Waals surface area contributed by atoms with E-state index in [1.165, 1.54) is 19.3 Å². The predicted octanol–water partition coefficient (Wildman–Crippen LogP) is 1.76. The smallest absolute Gasteiger partial charge is 0.323 e. The second-order valence-corrected chi connectivity index (χ2v) is 3.74. The first-order valence-corrected chi connectivity index (χ1v) is 5.88. The first-order valence-electron chi connectivity index (χ1n) is 5.25. The Morgan fingerprint density at radius 2 is 2.00 bits per heavy atom. The van der Waals surface area contributed by atoms with E-state index in [1.54, 1.807) is 0 Å². The highest BCUT2D eigenvalue weighted by atomic mass is 32.1. The summed E-state index contributed by atoms with van der Waals surface area (Å²) < 4.78 is 4.96. The molecule has 14 heavy (non-hydrogen) atoms. The van der Waals surface area contributed by atoms with Gasteiger partial charge in [0.2, 0.25) is 0 Å². The summed E-state index contributed by atoms with van der Waals surface area (Å²) in [7, 11) is 0. The topological polar surface area (TPSA) is 52.3 Å². The monoisotopic (exact) mass is 219 g/mol. The molecule has 0 aromatic carbocycles. The molecule has 0 aromatic heterocycles. The molecule has 2 N–H and O–H groups in total. The third kappa shape index (κ3) is 7.21. The van der Waals surface area contributed by atoms with E-state index in [4.69, 9.17) is 10.5 Å². The molecule has 0 saturated carbocycles. The molecule has 0 rings (SSSR count). The van der Waals surface area contributed by atoms with E-state index in [9.17, 15) is 4.79 Å². The van der Waals surface area contributed by atoms with E-state index in [1.807, 2.05) is 0 Å². The van der Waals surface area contributed by atoms with E-state index >= 15 is 0 Å². The van der Waals surface area contributed by atoms with E-state index in [0.29, 0.717) is 12.4 Å². The number of esters is 1. The van der Waals surface area contributed by atoms with Crippen LogP contribution in [-0.2, 0) is 9.53 Å². The maximum absolute atomic E-state index is 11.1. The van der Waals surface area contributed by atoms with Gasteiger partial charge in [0.15, 0.2) is 0 Å². The molecule has 0 aromatic rings. The van der Waals surface area contributed by atoms with Gasteiger partial charge in [-0.05, 0) is 6.42 Å². The highest BCUT2D eigenvalue weighted by Crippen LogP contribution is 2.02. The highest BCUT2D eigenvalue weighted by molar-refractivity contribution is 7.80. The molecule has 0 aliphatic rings. The van der Waals surface area contributed by atoms with Crippen molar-refractivity contribution in [1.29, 1.82) is 0 Å². The lowest BCUT2D eigenvalue weighted by Crippen LogP contribution is -2.34.